The zero-order valence-electron chi connectivity index (χ0n) is 10.7. The molecule has 0 aromatic rings. The molecule has 1 aliphatic rings. The molecule has 0 saturated heterocycles. The Balaban J connectivity index is 3.05. The van der Waals surface area contributed by atoms with Crippen molar-refractivity contribution in [2.24, 2.45) is 11.8 Å². The first-order valence-electron chi connectivity index (χ1n) is 5.62. The van der Waals surface area contributed by atoms with E-state index in [4.69, 9.17) is 0 Å². The van der Waals surface area contributed by atoms with Gasteiger partial charge in [0, 0.05) is 5.92 Å². The summed E-state index contributed by atoms with van der Waals surface area (Å²) in [6.07, 6.45) is 3.04. The number of aliphatic hydroxyl groups is 1. The number of carbonyl (C=O) groups excluding carboxylic acids is 1. The Labute approximate surface area is 98.8 Å². The van der Waals surface area contributed by atoms with Crippen molar-refractivity contribution in [2.75, 3.05) is 0 Å². The summed E-state index contributed by atoms with van der Waals surface area (Å²) in [5.41, 5.74) is 2.25. The summed E-state index contributed by atoms with van der Waals surface area (Å²) in [5, 5.41) is 10.2. The van der Waals surface area contributed by atoms with Crippen LogP contribution in [0.15, 0.2) is 12.2 Å². The molecule has 1 rings (SSSR count). The molecular formula is C13H20O2Si. The highest BCUT2D eigenvalue weighted by Gasteiger charge is 2.38. The summed E-state index contributed by atoms with van der Waals surface area (Å²) in [4.78, 5) is 11.6. The monoisotopic (exact) mass is 236 g/mol. The van der Waals surface area contributed by atoms with Crippen LogP contribution in [0.1, 0.15) is 13.8 Å². The maximum atomic E-state index is 11.6. The van der Waals surface area contributed by atoms with Gasteiger partial charge in [0.1, 0.15) is 8.07 Å². The molecule has 0 radical (unpaired) electrons. The Hall–Kier alpha value is -0.853. The summed E-state index contributed by atoms with van der Waals surface area (Å²) in [7, 11) is -1.46. The average molecular weight is 236 g/mol. The lowest BCUT2D eigenvalue weighted by Gasteiger charge is -2.33. The molecule has 0 amide bonds. The van der Waals surface area contributed by atoms with Crippen LogP contribution in [0.5, 0.6) is 0 Å². The predicted molar refractivity (Wildman–Crippen MR) is 68.5 cm³/mol. The molecule has 0 aromatic carbocycles. The highest BCUT2D eigenvalue weighted by Crippen LogP contribution is 2.30. The Morgan fingerprint density at radius 3 is 2.50 bits per heavy atom. The van der Waals surface area contributed by atoms with Gasteiger partial charge in [0.25, 0.3) is 0 Å². The van der Waals surface area contributed by atoms with E-state index in [1.165, 1.54) is 6.08 Å². The van der Waals surface area contributed by atoms with Crippen molar-refractivity contribution < 1.29 is 9.90 Å². The molecule has 0 bridgehead atoms. The van der Waals surface area contributed by atoms with E-state index in [9.17, 15) is 9.90 Å². The van der Waals surface area contributed by atoms with Crippen molar-refractivity contribution in [3.63, 3.8) is 0 Å². The van der Waals surface area contributed by atoms with Crippen LogP contribution in [0.3, 0.4) is 0 Å². The fraction of sp³-hybridized carbons (Fsp3) is 0.615. The Kier molecular flexibility index (Phi) is 3.46. The van der Waals surface area contributed by atoms with Crippen LogP contribution >= 0.6 is 0 Å². The fourth-order valence-corrected chi connectivity index (χ4v) is 2.33. The predicted octanol–water partition coefficient (Wildman–Crippen LogP) is 2.01. The summed E-state index contributed by atoms with van der Waals surface area (Å²) in [5.74, 6) is 2.68. The van der Waals surface area contributed by atoms with Gasteiger partial charge in [-0.1, -0.05) is 26.6 Å². The molecule has 0 heterocycles. The summed E-state index contributed by atoms with van der Waals surface area (Å²) >= 11 is 0. The molecule has 0 aliphatic heterocycles. The van der Waals surface area contributed by atoms with Gasteiger partial charge in [-0.2, -0.15) is 0 Å². The largest absolute Gasteiger partial charge is 0.385 e. The van der Waals surface area contributed by atoms with Gasteiger partial charge in [0.15, 0.2) is 5.78 Å². The number of rotatable bonds is 0. The number of hydrogen-bond acceptors (Lipinski definition) is 2. The first kappa shape index (κ1) is 13.2. The van der Waals surface area contributed by atoms with Gasteiger partial charge in [-0.25, -0.2) is 0 Å². The second-order valence-corrected chi connectivity index (χ2v) is 10.5. The van der Waals surface area contributed by atoms with E-state index in [0.717, 1.165) is 0 Å². The highest BCUT2D eigenvalue weighted by molar-refractivity contribution is 6.83. The minimum atomic E-state index is -1.46. The van der Waals surface area contributed by atoms with Crippen molar-refractivity contribution in [3.05, 3.63) is 12.2 Å². The molecule has 1 N–H and O–H groups in total. The lowest BCUT2D eigenvalue weighted by Crippen LogP contribution is -2.42. The van der Waals surface area contributed by atoms with E-state index in [1.54, 1.807) is 13.0 Å². The molecule has 16 heavy (non-hydrogen) atoms. The molecule has 3 heteroatoms. The van der Waals surface area contributed by atoms with Crippen LogP contribution in [0.2, 0.25) is 19.6 Å². The number of allylic oxidation sites excluding steroid dienone is 1. The summed E-state index contributed by atoms with van der Waals surface area (Å²) in [6, 6.07) is 0. The summed E-state index contributed by atoms with van der Waals surface area (Å²) < 4.78 is 0. The van der Waals surface area contributed by atoms with Gasteiger partial charge in [0.2, 0.25) is 0 Å². The Morgan fingerprint density at radius 1 is 1.44 bits per heavy atom. The van der Waals surface area contributed by atoms with Crippen LogP contribution in [-0.4, -0.2) is 24.6 Å². The Morgan fingerprint density at radius 2 is 2.00 bits per heavy atom. The van der Waals surface area contributed by atoms with Crippen molar-refractivity contribution >= 4 is 13.9 Å². The van der Waals surface area contributed by atoms with Crippen LogP contribution < -0.4 is 0 Å². The molecule has 0 saturated carbocycles. The fourth-order valence-electron chi connectivity index (χ4n) is 1.74. The molecule has 88 valence electrons. The second-order valence-electron chi connectivity index (χ2n) is 5.75. The third-order valence-electron chi connectivity index (χ3n) is 2.77. The standard InChI is InChI=1S/C13H20O2Si/c1-10-11(7-9-16(3,4)5)13(2,15)8-6-12(10)14/h6,8,10-11,15H,1-5H3/t10-,11+,13-/m0/s1. The molecule has 0 spiro atoms. The average Bonchev–Trinajstić information content (AvgIpc) is 2.10. The normalized spacial score (nSPS) is 34.5. The van der Waals surface area contributed by atoms with E-state index < -0.39 is 13.7 Å². The van der Waals surface area contributed by atoms with E-state index in [2.05, 4.69) is 31.1 Å². The van der Waals surface area contributed by atoms with E-state index in [-0.39, 0.29) is 17.6 Å². The molecule has 1 aliphatic carbocycles. The lowest BCUT2D eigenvalue weighted by atomic mass is 9.74. The van der Waals surface area contributed by atoms with Crippen LogP contribution in [0.25, 0.3) is 0 Å². The van der Waals surface area contributed by atoms with E-state index in [0.29, 0.717) is 0 Å². The van der Waals surface area contributed by atoms with Crippen LogP contribution in [0, 0.1) is 23.3 Å². The van der Waals surface area contributed by atoms with Crippen molar-refractivity contribution in [1.29, 1.82) is 0 Å². The lowest BCUT2D eigenvalue weighted by molar-refractivity contribution is -0.122. The number of carbonyl (C=O) groups is 1. The summed E-state index contributed by atoms with van der Waals surface area (Å²) in [6.45, 7) is 10.0. The maximum absolute atomic E-state index is 11.6. The minimum absolute atomic E-state index is 0.0569. The second kappa shape index (κ2) is 4.19. The van der Waals surface area contributed by atoms with Gasteiger partial charge in [-0.3, -0.25) is 4.79 Å². The zero-order valence-corrected chi connectivity index (χ0v) is 11.7. The van der Waals surface area contributed by atoms with E-state index >= 15 is 0 Å². The minimum Gasteiger partial charge on any atom is -0.385 e. The smallest absolute Gasteiger partial charge is 0.159 e. The first-order chi connectivity index (χ1) is 7.13. The van der Waals surface area contributed by atoms with Gasteiger partial charge in [-0.05, 0) is 19.1 Å². The van der Waals surface area contributed by atoms with Gasteiger partial charge < -0.3 is 5.11 Å². The van der Waals surface area contributed by atoms with Crippen LogP contribution in [0.4, 0.5) is 0 Å². The first-order valence-corrected chi connectivity index (χ1v) is 9.12. The molecule has 3 atom stereocenters. The topological polar surface area (TPSA) is 37.3 Å². The maximum Gasteiger partial charge on any atom is 0.159 e. The van der Waals surface area contributed by atoms with Gasteiger partial charge in [0.05, 0.1) is 11.5 Å². The molecular weight excluding hydrogens is 216 g/mol. The molecule has 2 nitrogen and oxygen atoms in total. The third-order valence-corrected chi connectivity index (χ3v) is 3.66. The van der Waals surface area contributed by atoms with Crippen molar-refractivity contribution in [2.45, 2.75) is 39.1 Å². The zero-order chi connectivity index (χ0) is 12.6. The van der Waals surface area contributed by atoms with E-state index in [1.807, 2.05) is 6.92 Å². The molecule has 0 fully saturated rings. The van der Waals surface area contributed by atoms with Crippen molar-refractivity contribution in [1.82, 2.24) is 0 Å². The molecule has 0 aromatic heterocycles. The number of ketones is 1. The molecule has 0 unspecified atom stereocenters. The van der Waals surface area contributed by atoms with Gasteiger partial charge in [-0.15, -0.1) is 11.5 Å². The quantitative estimate of drug-likeness (QED) is 0.516. The number of hydrogen-bond donors (Lipinski definition) is 1. The van der Waals surface area contributed by atoms with Crippen molar-refractivity contribution in [3.8, 4) is 11.5 Å². The third kappa shape index (κ3) is 3.07. The van der Waals surface area contributed by atoms with Gasteiger partial charge >= 0.3 is 0 Å². The van der Waals surface area contributed by atoms with Crippen LogP contribution in [-0.2, 0) is 4.79 Å². The Bertz CT molecular complexity index is 377. The highest BCUT2D eigenvalue weighted by atomic mass is 28.3. The SMILES string of the molecule is C[C@@H]1C(=O)C=C[C@](C)(O)[C@@H]1C#C[Si](C)(C)C.